The quantitative estimate of drug-likeness (QED) is 0.853. The summed E-state index contributed by atoms with van der Waals surface area (Å²) in [4.78, 5) is 29.9. The van der Waals surface area contributed by atoms with Gasteiger partial charge in [0.15, 0.2) is 11.5 Å². The molecule has 1 fully saturated rings. The number of anilines is 1. The van der Waals surface area contributed by atoms with Gasteiger partial charge in [-0.3, -0.25) is 9.59 Å². The van der Waals surface area contributed by atoms with Crippen molar-refractivity contribution in [3.63, 3.8) is 0 Å². The normalized spacial score (nSPS) is 21.0. The average molecular weight is 355 g/mol. The summed E-state index contributed by atoms with van der Waals surface area (Å²) in [7, 11) is 0. The second-order valence-corrected chi connectivity index (χ2v) is 6.35. The lowest BCUT2D eigenvalue weighted by atomic mass is 9.89. The highest BCUT2D eigenvalue weighted by Crippen LogP contribution is 2.39. The maximum Gasteiger partial charge on any atom is 0.308 e. The molecule has 1 saturated heterocycles. The maximum absolute atomic E-state index is 12.7. The molecule has 2 aromatic rings. The predicted molar refractivity (Wildman–Crippen MR) is 91.0 cm³/mol. The van der Waals surface area contributed by atoms with Crippen LogP contribution in [0.25, 0.3) is 0 Å². The third kappa shape index (κ3) is 2.79. The van der Waals surface area contributed by atoms with Crippen molar-refractivity contribution in [1.82, 2.24) is 9.88 Å². The van der Waals surface area contributed by atoms with E-state index in [9.17, 15) is 14.7 Å². The van der Waals surface area contributed by atoms with Crippen molar-refractivity contribution in [2.24, 2.45) is 5.92 Å². The molecule has 1 aromatic heterocycles. The van der Waals surface area contributed by atoms with E-state index < -0.39 is 11.9 Å². The molecule has 8 nitrogen and oxygen atoms in total. The summed E-state index contributed by atoms with van der Waals surface area (Å²) in [5, 5.41) is 9.62. The molecule has 3 heterocycles. The van der Waals surface area contributed by atoms with Crippen LogP contribution >= 0.6 is 0 Å². The van der Waals surface area contributed by atoms with E-state index in [2.05, 4.69) is 4.98 Å². The number of likely N-dealkylation sites (tertiary alicyclic amines) is 1. The number of benzene rings is 1. The van der Waals surface area contributed by atoms with Crippen molar-refractivity contribution < 1.29 is 24.2 Å². The molecule has 2 aliphatic heterocycles. The Bertz CT molecular complexity index is 868. The molecule has 3 N–H and O–H groups in total. The van der Waals surface area contributed by atoms with Crippen LogP contribution in [0.4, 0.5) is 5.82 Å². The molecule has 8 heteroatoms. The third-order valence-corrected chi connectivity index (χ3v) is 4.78. The van der Waals surface area contributed by atoms with Gasteiger partial charge in [-0.25, -0.2) is 4.98 Å². The standard InChI is InChI=1S/C18H17N3O5/c19-16-4-2-11(6-20-16)17(22)21-7-12(13(8-21)18(23)24)10-1-3-14-15(5-10)26-9-25-14/h1-6,12-13H,7-9H2,(H2,19,20)(H,23,24)/t12-,13+/m1/s1. The Morgan fingerprint density at radius 1 is 1.15 bits per heavy atom. The van der Waals surface area contributed by atoms with Crippen molar-refractivity contribution in [1.29, 1.82) is 0 Å². The second kappa shape index (κ2) is 6.21. The molecule has 2 aliphatic rings. The van der Waals surface area contributed by atoms with Crippen LogP contribution in [0.2, 0.25) is 0 Å². The maximum atomic E-state index is 12.7. The van der Waals surface area contributed by atoms with E-state index in [1.54, 1.807) is 29.2 Å². The summed E-state index contributed by atoms with van der Waals surface area (Å²) in [6.45, 7) is 0.595. The minimum atomic E-state index is -0.932. The Morgan fingerprint density at radius 2 is 1.96 bits per heavy atom. The van der Waals surface area contributed by atoms with Crippen LogP contribution in [0.3, 0.4) is 0 Å². The zero-order chi connectivity index (χ0) is 18.3. The number of hydrogen-bond acceptors (Lipinski definition) is 6. The highest BCUT2D eigenvalue weighted by molar-refractivity contribution is 5.95. The fourth-order valence-corrected chi connectivity index (χ4v) is 3.42. The topological polar surface area (TPSA) is 115 Å². The van der Waals surface area contributed by atoms with Gasteiger partial charge in [0, 0.05) is 25.2 Å². The van der Waals surface area contributed by atoms with E-state index in [1.165, 1.54) is 6.20 Å². The van der Waals surface area contributed by atoms with Crippen LogP contribution in [-0.2, 0) is 4.79 Å². The fourth-order valence-electron chi connectivity index (χ4n) is 3.42. The molecule has 0 saturated carbocycles. The van der Waals surface area contributed by atoms with Crippen LogP contribution < -0.4 is 15.2 Å². The van der Waals surface area contributed by atoms with Gasteiger partial charge >= 0.3 is 5.97 Å². The van der Waals surface area contributed by atoms with E-state index in [-0.39, 0.29) is 25.2 Å². The average Bonchev–Trinajstić information content (AvgIpc) is 3.28. The van der Waals surface area contributed by atoms with E-state index in [4.69, 9.17) is 15.2 Å². The van der Waals surface area contributed by atoms with Gasteiger partial charge in [0.1, 0.15) is 5.82 Å². The highest BCUT2D eigenvalue weighted by atomic mass is 16.7. The van der Waals surface area contributed by atoms with Gasteiger partial charge in [-0.05, 0) is 29.8 Å². The molecule has 1 amide bonds. The molecule has 0 aliphatic carbocycles. The molecular weight excluding hydrogens is 338 g/mol. The summed E-state index contributed by atoms with van der Waals surface area (Å²) in [5.74, 6) is -0.651. The lowest BCUT2D eigenvalue weighted by Crippen LogP contribution is -2.30. The largest absolute Gasteiger partial charge is 0.481 e. The van der Waals surface area contributed by atoms with Crippen LogP contribution in [0.1, 0.15) is 21.8 Å². The molecule has 2 atom stereocenters. The number of aromatic nitrogens is 1. The van der Waals surface area contributed by atoms with Crippen molar-refractivity contribution in [3.8, 4) is 11.5 Å². The number of hydrogen-bond donors (Lipinski definition) is 2. The minimum absolute atomic E-state index is 0.137. The van der Waals surface area contributed by atoms with Crippen molar-refractivity contribution >= 4 is 17.7 Å². The number of amides is 1. The Balaban J connectivity index is 1.60. The zero-order valence-electron chi connectivity index (χ0n) is 13.8. The molecule has 134 valence electrons. The summed E-state index contributed by atoms with van der Waals surface area (Å²) in [5.41, 5.74) is 6.75. The zero-order valence-corrected chi connectivity index (χ0v) is 13.8. The SMILES string of the molecule is Nc1ccc(C(=O)N2C[C@H](C(=O)O)[C@@H](c3ccc4c(c3)OCO4)C2)cn1. The number of nitrogens with zero attached hydrogens (tertiary/aromatic N) is 2. The summed E-state index contributed by atoms with van der Waals surface area (Å²) >= 11 is 0. The Labute approximate surface area is 149 Å². The van der Waals surface area contributed by atoms with Gasteiger partial charge in [0.05, 0.1) is 11.5 Å². The molecular formula is C18H17N3O5. The lowest BCUT2D eigenvalue weighted by molar-refractivity contribution is -0.141. The van der Waals surface area contributed by atoms with Gasteiger partial charge < -0.3 is 25.2 Å². The van der Waals surface area contributed by atoms with Gasteiger partial charge in [0.2, 0.25) is 6.79 Å². The molecule has 0 bridgehead atoms. The summed E-state index contributed by atoms with van der Waals surface area (Å²) in [6.07, 6.45) is 1.40. The van der Waals surface area contributed by atoms with Crippen molar-refractivity contribution in [2.75, 3.05) is 25.6 Å². The lowest BCUT2D eigenvalue weighted by Gasteiger charge is -2.16. The number of fused-ring (bicyclic) bond motifs is 1. The minimum Gasteiger partial charge on any atom is -0.481 e. The first-order chi connectivity index (χ1) is 12.5. The fraction of sp³-hybridized carbons (Fsp3) is 0.278. The van der Waals surface area contributed by atoms with Crippen molar-refractivity contribution in [3.05, 3.63) is 47.7 Å². The number of carbonyl (C=O) groups excluding carboxylic acids is 1. The first kappa shape index (κ1) is 16.2. The number of aliphatic carboxylic acids is 1. The Kier molecular flexibility index (Phi) is 3.87. The highest BCUT2D eigenvalue weighted by Gasteiger charge is 2.41. The Morgan fingerprint density at radius 3 is 2.69 bits per heavy atom. The number of carboxylic acids is 1. The van der Waals surface area contributed by atoms with Crippen LogP contribution in [0.5, 0.6) is 11.5 Å². The molecule has 0 radical (unpaired) electrons. The number of ether oxygens (including phenoxy) is 2. The van der Waals surface area contributed by atoms with Crippen LogP contribution in [-0.4, -0.2) is 46.7 Å². The summed E-state index contributed by atoms with van der Waals surface area (Å²) < 4.78 is 10.7. The van der Waals surface area contributed by atoms with E-state index >= 15 is 0 Å². The molecule has 0 unspecified atom stereocenters. The van der Waals surface area contributed by atoms with Gasteiger partial charge in [-0.15, -0.1) is 0 Å². The molecule has 0 spiro atoms. The second-order valence-electron chi connectivity index (χ2n) is 6.35. The first-order valence-electron chi connectivity index (χ1n) is 8.16. The summed E-state index contributed by atoms with van der Waals surface area (Å²) in [6, 6.07) is 8.53. The first-order valence-corrected chi connectivity index (χ1v) is 8.16. The number of nitrogens with two attached hydrogens (primary N) is 1. The molecule has 4 rings (SSSR count). The van der Waals surface area contributed by atoms with E-state index in [0.717, 1.165) is 5.56 Å². The van der Waals surface area contributed by atoms with Crippen LogP contribution in [0, 0.1) is 5.92 Å². The number of carboxylic acid groups (broad SMARTS) is 1. The number of rotatable bonds is 3. The molecule has 26 heavy (non-hydrogen) atoms. The molecule has 1 aromatic carbocycles. The predicted octanol–water partition coefficient (Wildman–Crippen LogP) is 1.33. The monoisotopic (exact) mass is 355 g/mol. The Hall–Kier alpha value is -3.29. The number of carbonyl (C=O) groups is 2. The smallest absolute Gasteiger partial charge is 0.308 e. The van der Waals surface area contributed by atoms with Gasteiger partial charge in [0.25, 0.3) is 5.91 Å². The number of nitrogen functional groups attached to an aromatic ring is 1. The van der Waals surface area contributed by atoms with E-state index in [1.807, 2.05) is 6.07 Å². The van der Waals surface area contributed by atoms with Gasteiger partial charge in [-0.2, -0.15) is 0 Å². The van der Waals surface area contributed by atoms with Crippen molar-refractivity contribution in [2.45, 2.75) is 5.92 Å². The van der Waals surface area contributed by atoms with Gasteiger partial charge in [-0.1, -0.05) is 6.07 Å². The third-order valence-electron chi connectivity index (χ3n) is 4.78. The van der Waals surface area contributed by atoms with Crippen LogP contribution in [0.15, 0.2) is 36.5 Å². The van der Waals surface area contributed by atoms with E-state index in [0.29, 0.717) is 29.4 Å². The number of pyridine rings is 1.